The van der Waals surface area contributed by atoms with Crippen molar-refractivity contribution in [1.29, 1.82) is 0 Å². The Morgan fingerprint density at radius 1 is 1.16 bits per heavy atom. The smallest absolute Gasteiger partial charge is 0.151 e. The van der Waals surface area contributed by atoms with E-state index in [4.69, 9.17) is 0 Å². The van der Waals surface area contributed by atoms with Crippen molar-refractivity contribution in [2.75, 3.05) is 18.0 Å². The molecule has 2 heterocycles. The molecular formula is C15H17N3O. The second-order valence-corrected chi connectivity index (χ2v) is 4.98. The van der Waals surface area contributed by atoms with E-state index in [0.717, 1.165) is 30.0 Å². The first-order valence-electron chi connectivity index (χ1n) is 6.57. The van der Waals surface area contributed by atoms with Crippen molar-refractivity contribution in [2.45, 2.75) is 19.4 Å². The fourth-order valence-electron chi connectivity index (χ4n) is 2.45. The van der Waals surface area contributed by atoms with Crippen LogP contribution < -0.4 is 4.90 Å². The molecular weight excluding hydrogens is 238 g/mol. The summed E-state index contributed by atoms with van der Waals surface area (Å²) in [4.78, 5) is 2.07. The van der Waals surface area contributed by atoms with E-state index in [1.54, 1.807) is 0 Å². The van der Waals surface area contributed by atoms with Crippen LogP contribution in [0, 0.1) is 6.92 Å². The van der Waals surface area contributed by atoms with Gasteiger partial charge < -0.3 is 10.0 Å². The zero-order chi connectivity index (χ0) is 13.2. The lowest BCUT2D eigenvalue weighted by Crippen LogP contribution is -2.22. The van der Waals surface area contributed by atoms with E-state index in [0.29, 0.717) is 6.54 Å². The average Bonchev–Trinajstić information content (AvgIpc) is 2.86. The number of hydrogen-bond acceptors (Lipinski definition) is 4. The molecule has 1 saturated heterocycles. The summed E-state index contributed by atoms with van der Waals surface area (Å²) >= 11 is 0. The summed E-state index contributed by atoms with van der Waals surface area (Å²) in [6.07, 6.45) is 0.569. The summed E-state index contributed by atoms with van der Waals surface area (Å²) in [6, 6.07) is 12.1. The lowest BCUT2D eigenvalue weighted by atomic mass is 10.1. The average molecular weight is 255 g/mol. The molecule has 0 bridgehead atoms. The van der Waals surface area contributed by atoms with Crippen LogP contribution in [0.4, 0.5) is 5.82 Å². The monoisotopic (exact) mass is 255 g/mol. The topological polar surface area (TPSA) is 49.2 Å². The number of aliphatic hydroxyl groups excluding tert-OH is 1. The zero-order valence-corrected chi connectivity index (χ0v) is 11.0. The predicted octanol–water partition coefficient (Wildman–Crippen LogP) is 2.02. The van der Waals surface area contributed by atoms with Gasteiger partial charge in [0.2, 0.25) is 0 Å². The molecule has 2 aromatic rings. The van der Waals surface area contributed by atoms with E-state index in [1.807, 2.05) is 24.3 Å². The van der Waals surface area contributed by atoms with Crippen LogP contribution in [-0.4, -0.2) is 34.5 Å². The van der Waals surface area contributed by atoms with Crippen molar-refractivity contribution in [2.24, 2.45) is 0 Å². The number of nitrogens with zero attached hydrogens (tertiary/aromatic N) is 3. The van der Waals surface area contributed by atoms with Gasteiger partial charge in [-0.15, -0.1) is 10.2 Å². The molecule has 4 nitrogen and oxygen atoms in total. The highest BCUT2D eigenvalue weighted by molar-refractivity contribution is 5.63. The van der Waals surface area contributed by atoms with Gasteiger partial charge in [-0.25, -0.2) is 0 Å². The SMILES string of the molecule is Cc1ccccc1-c1ccc(N2CCC(O)C2)nn1. The van der Waals surface area contributed by atoms with Crippen molar-refractivity contribution < 1.29 is 5.11 Å². The standard InChI is InChI=1S/C15H17N3O/c1-11-4-2-3-5-13(11)14-6-7-15(17-16-14)18-9-8-12(19)10-18/h2-7,12,19H,8-10H2,1H3. The van der Waals surface area contributed by atoms with Gasteiger partial charge in [0.1, 0.15) is 0 Å². The minimum Gasteiger partial charge on any atom is -0.391 e. The van der Waals surface area contributed by atoms with E-state index >= 15 is 0 Å². The van der Waals surface area contributed by atoms with Gasteiger partial charge in [0.05, 0.1) is 11.8 Å². The van der Waals surface area contributed by atoms with Gasteiger partial charge in [-0.2, -0.15) is 0 Å². The van der Waals surface area contributed by atoms with Crippen LogP contribution in [0.25, 0.3) is 11.3 Å². The third-order valence-corrected chi connectivity index (χ3v) is 3.56. The van der Waals surface area contributed by atoms with Crippen molar-refractivity contribution >= 4 is 5.82 Å². The maximum absolute atomic E-state index is 9.54. The highest BCUT2D eigenvalue weighted by Gasteiger charge is 2.21. The van der Waals surface area contributed by atoms with E-state index in [2.05, 4.69) is 34.2 Å². The Morgan fingerprint density at radius 2 is 2.00 bits per heavy atom. The Morgan fingerprint density at radius 3 is 2.63 bits per heavy atom. The number of aromatic nitrogens is 2. The third kappa shape index (κ3) is 2.44. The summed E-state index contributed by atoms with van der Waals surface area (Å²) in [6.45, 7) is 3.57. The predicted molar refractivity (Wildman–Crippen MR) is 75.0 cm³/mol. The lowest BCUT2D eigenvalue weighted by molar-refractivity contribution is 0.198. The Balaban J connectivity index is 1.85. The zero-order valence-electron chi connectivity index (χ0n) is 11.0. The molecule has 1 unspecified atom stereocenters. The summed E-state index contributed by atoms with van der Waals surface area (Å²) in [7, 11) is 0. The molecule has 0 spiro atoms. The molecule has 1 aromatic carbocycles. The summed E-state index contributed by atoms with van der Waals surface area (Å²) in [5, 5.41) is 18.1. The van der Waals surface area contributed by atoms with Gasteiger partial charge in [-0.3, -0.25) is 0 Å². The van der Waals surface area contributed by atoms with Crippen molar-refractivity contribution in [1.82, 2.24) is 10.2 Å². The van der Waals surface area contributed by atoms with E-state index in [9.17, 15) is 5.11 Å². The highest BCUT2D eigenvalue weighted by atomic mass is 16.3. The number of rotatable bonds is 2. The number of anilines is 1. The minimum absolute atomic E-state index is 0.238. The second-order valence-electron chi connectivity index (χ2n) is 4.98. The summed E-state index contributed by atoms with van der Waals surface area (Å²) in [5.74, 6) is 0.842. The number of β-amino-alcohol motifs (C(OH)–C–C–N with tert-alkyl or cyclic N) is 1. The number of aliphatic hydroxyl groups is 1. The molecule has 1 atom stereocenters. The van der Waals surface area contributed by atoms with Crippen LogP contribution in [0.15, 0.2) is 36.4 Å². The van der Waals surface area contributed by atoms with Crippen LogP contribution >= 0.6 is 0 Å². The van der Waals surface area contributed by atoms with Gasteiger partial charge >= 0.3 is 0 Å². The molecule has 1 fully saturated rings. The first kappa shape index (κ1) is 12.1. The van der Waals surface area contributed by atoms with Crippen molar-refractivity contribution in [3.05, 3.63) is 42.0 Å². The van der Waals surface area contributed by atoms with Gasteiger partial charge in [0.15, 0.2) is 5.82 Å². The molecule has 0 amide bonds. The Kier molecular flexibility index (Phi) is 3.17. The van der Waals surface area contributed by atoms with Gasteiger partial charge in [-0.1, -0.05) is 24.3 Å². The van der Waals surface area contributed by atoms with E-state index in [-0.39, 0.29) is 6.10 Å². The molecule has 4 heteroatoms. The maximum Gasteiger partial charge on any atom is 0.151 e. The van der Waals surface area contributed by atoms with Gasteiger partial charge in [0, 0.05) is 18.7 Å². The van der Waals surface area contributed by atoms with E-state index in [1.165, 1.54) is 5.56 Å². The largest absolute Gasteiger partial charge is 0.391 e. The Hall–Kier alpha value is -1.94. The second kappa shape index (κ2) is 4.97. The Labute approximate surface area is 112 Å². The van der Waals surface area contributed by atoms with Gasteiger partial charge in [0.25, 0.3) is 0 Å². The molecule has 1 aliphatic heterocycles. The van der Waals surface area contributed by atoms with Crippen LogP contribution in [0.5, 0.6) is 0 Å². The van der Waals surface area contributed by atoms with E-state index < -0.39 is 0 Å². The maximum atomic E-state index is 9.54. The summed E-state index contributed by atoms with van der Waals surface area (Å²) in [5.41, 5.74) is 3.20. The van der Waals surface area contributed by atoms with Gasteiger partial charge in [-0.05, 0) is 31.0 Å². The van der Waals surface area contributed by atoms with Crippen molar-refractivity contribution in [3.63, 3.8) is 0 Å². The normalized spacial score (nSPS) is 18.8. The molecule has 0 radical (unpaired) electrons. The fourth-order valence-corrected chi connectivity index (χ4v) is 2.45. The number of benzene rings is 1. The minimum atomic E-state index is -0.238. The van der Waals surface area contributed by atoms with Crippen LogP contribution in [0.2, 0.25) is 0 Å². The molecule has 0 saturated carbocycles. The molecule has 1 aliphatic rings. The Bertz CT molecular complexity index is 568. The van der Waals surface area contributed by atoms with Crippen LogP contribution in [-0.2, 0) is 0 Å². The van der Waals surface area contributed by atoms with Crippen molar-refractivity contribution in [3.8, 4) is 11.3 Å². The molecule has 19 heavy (non-hydrogen) atoms. The summed E-state index contributed by atoms with van der Waals surface area (Å²) < 4.78 is 0. The molecule has 1 aromatic heterocycles. The molecule has 1 N–H and O–H groups in total. The molecule has 3 rings (SSSR count). The quantitative estimate of drug-likeness (QED) is 0.892. The fraction of sp³-hybridized carbons (Fsp3) is 0.333. The van der Waals surface area contributed by atoms with Crippen LogP contribution in [0.1, 0.15) is 12.0 Å². The first-order chi connectivity index (χ1) is 9.24. The highest BCUT2D eigenvalue weighted by Crippen LogP contribution is 2.23. The van der Waals surface area contributed by atoms with Crippen LogP contribution in [0.3, 0.4) is 0 Å². The lowest BCUT2D eigenvalue weighted by Gasteiger charge is -2.15. The first-order valence-corrected chi connectivity index (χ1v) is 6.57. The molecule has 0 aliphatic carbocycles. The number of aryl methyl sites for hydroxylation is 1. The third-order valence-electron chi connectivity index (χ3n) is 3.56. The molecule has 98 valence electrons. The number of hydrogen-bond donors (Lipinski definition) is 1.